The molecule has 0 unspecified atom stereocenters. The summed E-state index contributed by atoms with van der Waals surface area (Å²) in [6.45, 7) is 5.19. The van der Waals surface area contributed by atoms with Crippen molar-refractivity contribution < 1.29 is 9.59 Å². The number of carbonyl (C=O) groups excluding carboxylic acids is 2. The first-order chi connectivity index (χ1) is 9.63. The quantitative estimate of drug-likeness (QED) is 0.590. The lowest BCUT2D eigenvalue weighted by atomic mass is 10.4. The van der Waals surface area contributed by atoms with E-state index in [4.69, 9.17) is 0 Å². The minimum absolute atomic E-state index is 0.213. The molecule has 1 aromatic heterocycles. The molecule has 2 N–H and O–H groups in total. The van der Waals surface area contributed by atoms with E-state index in [2.05, 4.69) is 25.6 Å². The summed E-state index contributed by atoms with van der Waals surface area (Å²) in [6.07, 6.45) is 0.494. The highest BCUT2D eigenvalue weighted by atomic mass is 32.2. The van der Waals surface area contributed by atoms with E-state index in [0.717, 1.165) is 16.3 Å². The summed E-state index contributed by atoms with van der Waals surface area (Å²) < 4.78 is 1.11. The predicted octanol–water partition coefficient (Wildman–Crippen LogP) is 0.891. The Balaban J connectivity index is 2.21. The molecular formula is C11H16N6O2S. The second kappa shape index (κ2) is 6.51. The van der Waals surface area contributed by atoms with Crippen LogP contribution in [-0.4, -0.2) is 44.2 Å². The van der Waals surface area contributed by atoms with Gasteiger partial charge >= 0.3 is 0 Å². The number of nitrogens with zero attached hydrogens (tertiary/aromatic N) is 4. The molecule has 0 aromatic carbocycles. The normalized spacial score (nSPS) is 14.8. The zero-order valence-electron chi connectivity index (χ0n) is 11.3. The van der Waals surface area contributed by atoms with Gasteiger partial charge in [0.25, 0.3) is 0 Å². The first kappa shape index (κ1) is 14.5. The van der Waals surface area contributed by atoms with Crippen molar-refractivity contribution in [3.8, 4) is 0 Å². The van der Waals surface area contributed by atoms with E-state index in [1.54, 1.807) is 0 Å². The molecule has 1 aliphatic heterocycles. The number of aromatic nitrogens is 3. The van der Waals surface area contributed by atoms with Gasteiger partial charge in [-0.25, -0.2) is 4.31 Å². The number of anilines is 2. The zero-order chi connectivity index (χ0) is 14.5. The van der Waals surface area contributed by atoms with Crippen LogP contribution in [0.3, 0.4) is 0 Å². The van der Waals surface area contributed by atoms with Gasteiger partial charge in [-0.05, 0) is 13.8 Å². The number of amides is 2. The van der Waals surface area contributed by atoms with E-state index in [0.29, 0.717) is 30.1 Å². The summed E-state index contributed by atoms with van der Waals surface area (Å²) in [7, 11) is 0. The number of imide groups is 1. The lowest BCUT2D eigenvalue weighted by Gasteiger charge is -2.12. The van der Waals surface area contributed by atoms with Crippen molar-refractivity contribution in [2.24, 2.45) is 0 Å². The van der Waals surface area contributed by atoms with Gasteiger partial charge in [-0.2, -0.15) is 15.0 Å². The molecule has 2 heterocycles. The topological polar surface area (TPSA) is 100 Å². The Bertz CT molecular complexity index is 483. The highest BCUT2D eigenvalue weighted by Gasteiger charge is 2.31. The third-order valence-electron chi connectivity index (χ3n) is 2.46. The maximum absolute atomic E-state index is 11.6. The molecule has 0 spiro atoms. The van der Waals surface area contributed by atoms with Crippen LogP contribution in [0.1, 0.15) is 26.7 Å². The van der Waals surface area contributed by atoms with Gasteiger partial charge in [0.1, 0.15) is 0 Å². The molecule has 1 fully saturated rings. The molecule has 8 nitrogen and oxygen atoms in total. The van der Waals surface area contributed by atoms with Crippen LogP contribution in [0.2, 0.25) is 0 Å². The summed E-state index contributed by atoms with van der Waals surface area (Å²) in [5, 5.41) is 6.30. The summed E-state index contributed by atoms with van der Waals surface area (Å²) >= 11 is 0.939. The number of rotatable bonds is 6. The second-order valence-electron chi connectivity index (χ2n) is 4.00. The Labute approximate surface area is 120 Å². The number of hydrogen-bond acceptors (Lipinski definition) is 8. The van der Waals surface area contributed by atoms with Crippen LogP contribution in [0.4, 0.5) is 11.9 Å². The maximum Gasteiger partial charge on any atom is 0.240 e. The van der Waals surface area contributed by atoms with Crippen LogP contribution in [0, 0.1) is 0 Å². The Morgan fingerprint density at radius 1 is 1.00 bits per heavy atom. The summed E-state index contributed by atoms with van der Waals surface area (Å²) in [5.74, 6) is 0.408. The molecule has 1 aliphatic rings. The van der Waals surface area contributed by atoms with Crippen molar-refractivity contribution in [1.82, 2.24) is 19.3 Å². The van der Waals surface area contributed by atoms with E-state index in [9.17, 15) is 9.59 Å². The molecule has 1 saturated heterocycles. The third-order valence-corrected chi connectivity index (χ3v) is 3.40. The van der Waals surface area contributed by atoms with Crippen molar-refractivity contribution in [3.05, 3.63) is 0 Å². The Morgan fingerprint density at radius 3 is 1.95 bits per heavy atom. The van der Waals surface area contributed by atoms with E-state index in [1.165, 1.54) is 0 Å². The fraction of sp³-hybridized carbons (Fsp3) is 0.545. The van der Waals surface area contributed by atoms with Crippen LogP contribution < -0.4 is 10.6 Å². The minimum atomic E-state index is -0.213. The molecule has 2 rings (SSSR count). The van der Waals surface area contributed by atoms with Crippen molar-refractivity contribution >= 4 is 35.7 Å². The van der Waals surface area contributed by atoms with Gasteiger partial charge in [0, 0.05) is 37.9 Å². The SMILES string of the molecule is CCNc1nc(NCC)nc(SN2C(=O)CCC2=O)n1. The fourth-order valence-corrected chi connectivity index (χ4v) is 2.42. The molecule has 0 atom stereocenters. The van der Waals surface area contributed by atoms with Gasteiger partial charge in [0.2, 0.25) is 28.9 Å². The molecule has 0 saturated carbocycles. The maximum atomic E-state index is 11.6. The largest absolute Gasteiger partial charge is 0.354 e. The van der Waals surface area contributed by atoms with Gasteiger partial charge in [-0.3, -0.25) is 9.59 Å². The van der Waals surface area contributed by atoms with Crippen molar-refractivity contribution in [1.29, 1.82) is 0 Å². The lowest BCUT2D eigenvalue weighted by Crippen LogP contribution is -2.22. The van der Waals surface area contributed by atoms with Gasteiger partial charge in [-0.15, -0.1) is 0 Å². The second-order valence-corrected chi connectivity index (χ2v) is 4.91. The predicted molar refractivity (Wildman–Crippen MR) is 75.1 cm³/mol. The van der Waals surface area contributed by atoms with Crippen LogP contribution in [0.15, 0.2) is 5.16 Å². The highest BCUT2D eigenvalue weighted by Crippen LogP contribution is 2.27. The Hall–Kier alpha value is -1.90. The van der Waals surface area contributed by atoms with Crippen molar-refractivity contribution in [2.45, 2.75) is 31.8 Å². The molecular weight excluding hydrogens is 280 g/mol. The smallest absolute Gasteiger partial charge is 0.240 e. The average molecular weight is 296 g/mol. The van der Waals surface area contributed by atoms with E-state index >= 15 is 0 Å². The van der Waals surface area contributed by atoms with Gasteiger partial charge in [0.15, 0.2) is 0 Å². The molecule has 0 bridgehead atoms. The van der Waals surface area contributed by atoms with Crippen molar-refractivity contribution in [3.63, 3.8) is 0 Å². The Morgan fingerprint density at radius 2 is 1.50 bits per heavy atom. The summed E-state index contributed by atoms with van der Waals surface area (Å²) in [4.78, 5) is 35.7. The number of carbonyl (C=O) groups is 2. The van der Waals surface area contributed by atoms with E-state index < -0.39 is 0 Å². The first-order valence-electron chi connectivity index (χ1n) is 6.41. The van der Waals surface area contributed by atoms with Gasteiger partial charge in [-0.1, -0.05) is 0 Å². The average Bonchev–Trinajstić information content (AvgIpc) is 2.71. The molecule has 2 amide bonds. The van der Waals surface area contributed by atoms with Crippen LogP contribution in [0.25, 0.3) is 0 Å². The Kier molecular flexibility index (Phi) is 4.72. The number of nitrogens with one attached hydrogen (secondary N) is 2. The van der Waals surface area contributed by atoms with Crippen molar-refractivity contribution in [2.75, 3.05) is 23.7 Å². The van der Waals surface area contributed by atoms with Crippen LogP contribution in [0.5, 0.6) is 0 Å². The zero-order valence-corrected chi connectivity index (χ0v) is 12.2. The highest BCUT2D eigenvalue weighted by molar-refractivity contribution is 7.97. The standard InChI is InChI=1S/C11H16N6O2S/c1-3-12-9-14-10(13-4-2)16-11(15-9)20-17-7(18)5-6-8(17)19/h3-6H2,1-2H3,(H2,12,13,14,15,16). The molecule has 20 heavy (non-hydrogen) atoms. The molecule has 9 heteroatoms. The lowest BCUT2D eigenvalue weighted by molar-refractivity contribution is -0.131. The summed E-state index contributed by atoms with van der Waals surface area (Å²) in [5.41, 5.74) is 0. The van der Waals surface area contributed by atoms with Crippen LogP contribution >= 0.6 is 11.9 Å². The minimum Gasteiger partial charge on any atom is -0.354 e. The van der Waals surface area contributed by atoms with Gasteiger partial charge in [0.05, 0.1) is 0 Å². The molecule has 0 aliphatic carbocycles. The van der Waals surface area contributed by atoms with E-state index in [1.807, 2.05) is 13.8 Å². The van der Waals surface area contributed by atoms with E-state index in [-0.39, 0.29) is 24.7 Å². The summed E-state index contributed by atoms with van der Waals surface area (Å²) in [6, 6.07) is 0. The third kappa shape index (κ3) is 3.35. The van der Waals surface area contributed by atoms with Gasteiger partial charge < -0.3 is 10.6 Å². The number of hydrogen-bond donors (Lipinski definition) is 2. The monoisotopic (exact) mass is 296 g/mol. The molecule has 0 radical (unpaired) electrons. The van der Waals surface area contributed by atoms with Crippen LogP contribution in [-0.2, 0) is 9.59 Å². The fourth-order valence-electron chi connectivity index (χ4n) is 1.61. The first-order valence-corrected chi connectivity index (χ1v) is 7.19. The molecule has 1 aromatic rings. The molecule has 108 valence electrons.